The monoisotopic (exact) mass is 197 g/mol. The second-order valence-electron chi connectivity index (χ2n) is 3.21. The van der Waals surface area contributed by atoms with E-state index in [4.69, 9.17) is 0 Å². The molecule has 0 saturated carbocycles. The lowest BCUT2D eigenvalue weighted by atomic mass is 10.2. The highest BCUT2D eigenvalue weighted by Crippen LogP contribution is 2.30. The van der Waals surface area contributed by atoms with Gasteiger partial charge in [-0.25, -0.2) is 0 Å². The van der Waals surface area contributed by atoms with Crippen molar-refractivity contribution in [2.75, 3.05) is 20.4 Å². The third-order valence-corrected chi connectivity index (χ3v) is 2.65. The standard InChI is InChI=1S/C10H15NOS/c1-11(2)7-8-5-4-6-9(12)10(8)13-3/h4-6,12H,7H2,1-3H3. The molecule has 1 aromatic carbocycles. The molecule has 0 aliphatic heterocycles. The number of nitrogens with zero attached hydrogens (tertiary/aromatic N) is 1. The van der Waals surface area contributed by atoms with Crippen LogP contribution < -0.4 is 0 Å². The fraction of sp³-hybridized carbons (Fsp3) is 0.400. The van der Waals surface area contributed by atoms with E-state index >= 15 is 0 Å². The summed E-state index contributed by atoms with van der Waals surface area (Å²) >= 11 is 1.59. The van der Waals surface area contributed by atoms with Gasteiger partial charge in [-0.2, -0.15) is 0 Å². The van der Waals surface area contributed by atoms with Crippen molar-refractivity contribution in [3.05, 3.63) is 23.8 Å². The van der Waals surface area contributed by atoms with E-state index in [9.17, 15) is 5.11 Å². The number of phenols is 1. The van der Waals surface area contributed by atoms with Gasteiger partial charge in [-0.15, -0.1) is 11.8 Å². The summed E-state index contributed by atoms with van der Waals surface area (Å²) in [7, 11) is 4.04. The molecule has 2 nitrogen and oxygen atoms in total. The van der Waals surface area contributed by atoms with Gasteiger partial charge in [0.25, 0.3) is 0 Å². The Hall–Kier alpha value is -0.670. The second kappa shape index (κ2) is 4.53. The molecule has 3 heteroatoms. The van der Waals surface area contributed by atoms with Crippen molar-refractivity contribution in [1.82, 2.24) is 4.90 Å². The number of rotatable bonds is 3. The number of hydrogen-bond donors (Lipinski definition) is 1. The molecule has 13 heavy (non-hydrogen) atoms. The van der Waals surface area contributed by atoms with Gasteiger partial charge in [-0.05, 0) is 32.0 Å². The fourth-order valence-electron chi connectivity index (χ4n) is 1.27. The average Bonchev–Trinajstić information content (AvgIpc) is 2.03. The molecular weight excluding hydrogens is 182 g/mol. The lowest BCUT2D eigenvalue weighted by Crippen LogP contribution is -2.11. The van der Waals surface area contributed by atoms with E-state index in [1.54, 1.807) is 17.8 Å². The summed E-state index contributed by atoms with van der Waals surface area (Å²) in [6.07, 6.45) is 1.98. The van der Waals surface area contributed by atoms with E-state index in [0.29, 0.717) is 5.75 Å². The van der Waals surface area contributed by atoms with Crippen molar-refractivity contribution in [3.8, 4) is 5.75 Å². The van der Waals surface area contributed by atoms with Crippen LogP contribution in [0.4, 0.5) is 0 Å². The smallest absolute Gasteiger partial charge is 0.129 e. The largest absolute Gasteiger partial charge is 0.507 e. The summed E-state index contributed by atoms with van der Waals surface area (Å²) in [6.45, 7) is 0.866. The summed E-state index contributed by atoms with van der Waals surface area (Å²) in [6, 6.07) is 5.66. The van der Waals surface area contributed by atoms with Crippen LogP contribution in [-0.4, -0.2) is 30.4 Å². The molecule has 0 unspecified atom stereocenters. The average molecular weight is 197 g/mol. The van der Waals surface area contributed by atoms with Crippen LogP contribution in [-0.2, 0) is 6.54 Å². The van der Waals surface area contributed by atoms with Gasteiger partial charge in [0.15, 0.2) is 0 Å². The molecule has 1 aromatic rings. The second-order valence-corrected chi connectivity index (χ2v) is 4.02. The molecule has 72 valence electrons. The normalized spacial score (nSPS) is 10.8. The maximum atomic E-state index is 9.56. The summed E-state index contributed by atoms with van der Waals surface area (Å²) in [5, 5.41) is 9.56. The molecule has 0 saturated heterocycles. The quantitative estimate of drug-likeness (QED) is 0.751. The van der Waals surface area contributed by atoms with Crippen LogP contribution in [0.1, 0.15) is 5.56 Å². The van der Waals surface area contributed by atoms with Gasteiger partial charge in [0, 0.05) is 6.54 Å². The summed E-state index contributed by atoms with van der Waals surface area (Å²) in [4.78, 5) is 3.07. The maximum absolute atomic E-state index is 9.56. The SMILES string of the molecule is CSc1c(O)cccc1CN(C)C. The third kappa shape index (κ3) is 2.64. The first-order valence-electron chi connectivity index (χ1n) is 4.14. The molecule has 0 aliphatic carbocycles. The van der Waals surface area contributed by atoms with Gasteiger partial charge < -0.3 is 10.0 Å². The number of aromatic hydroxyl groups is 1. The molecule has 0 amide bonds. The Morgan fingerprint density at radius 2 is 2.08 bits per heavy atom. The Labute approximate surface area is 83.6 Å². The van der Waals surface area contributed by atoms with Crippen molar-refractivity contribution in [2.45, 2.75) is 11.4 Å². The van der Waals surface area contributed by atoms with E-state index in [-0.39, 0.29) is 0 Å². The molecule has 0 spiro atoms. The molecule has 0 radical (unpaired) electrons. The summed E-state index contributed by atoms with van der Waals surface area (Å²) in [5.74, 6) is 0.381. The summed E-state index contributed by atoms with van der Waals surface area (Å²) < 4.78 is 0. The molecule has 0 aliphatic rings. The molecule has 0 heterocycles. The number of thioether (sulfide) groups is 1. The number of phenolic OH excluding ortho intramolecular Hbond substituents is 1. The zero-order valence-corrected chi connectivity index (χ0v) is 9.06. The van der Waals surface area contributed by atoms with Crippen LogP contribution in [0.3, 0.4) is 0 Å². The highest BCUT2D eigenvalue weighted by atomic mass is 32.2. The van der Waals surface area contributed by atoms with Crippen LogP contribution in [0.15, 0.2) is 23.1 Å². The fourth-order valence-corrected chi connectivity index (χ4v) is 1.94. The first-order chi connectivity index (χ1) is 6.15. The minimum absolute atomic E-state index is 0.381. The Balaban J connectivity index is 2.98. The molecule has 1 rings (SSSR count). The third-order valence-electron chi connectivity index (χ3n) is 1.77. The molecule has 0 atom stereocenters. The predicted molar refractivity (Wildman–Crippen MR) is 57.3 cm³/mol. The van der Waals surface area contributed by atoms with Crippen molar-refractivity contribution in [2.24, 2.45) is 0 Å². The summed E-state index contributed by atoms with van der Waals surface area (Å²) in [5.41, 5.74) is 1.18. The lowest BCUT2D eigenvalue weighted by Gasteiger charge is -2.13. The van der Waals surface area contributed by atoms with Crippen LogP contribution in [0.5, 0.6) is 5.75 Å². The maximum Gasteiger partial charge on any atom is 0.129 e. The first-order valence-corrected chi connectivity index (χ1v) is 5.37. The molecule has 0 aromatic heterocycles. The molecule has 0 bridgehead atoms. The zero-order valence-electron chi connectivity index (χ0n) is 8.24. The van der Waals surface area contributed by atoms with Crippen LogP contribution in [0.25, 0.3) is 0 Å². The van der Waals surface area contributed by atoms with Crippen LogP contribution in [0, 0.1) is 0 Å². The van der Waals surface area contributed by atoms with Gasteiger partial charge in [-0.3, -0.25) is 0 Å². The zero-order chi connectivity index (χ0) is 9.84. The van der Waals surface area contributed by atoms with Crippen molar-refractivity contribution >= 4 is 11.8 Å². The van der Waals surface area contributed by atoms with E-state index in [1.807, 2.05) is 32.5 Å². The Morgan fingerprint density at radius 3 is 2.62 bits per heavy atom. The van der Waals surface area contributed by atoms with E-state index in [0.717, 1.165) is 11.4 Å². The number of hydrogen-bond acceptors (Lipinski definition) is 3. The van der Waals surface area contributed by atoms with Crippen molar-refractivity contribution in [3.63, 3.8) is 0 Å². The molecule has 1 N–H and O–H groups in total. The van der Waals surface area contributed by atoms with Gasteiger partial charge in [-0.1, -0.05) is 12.1 Å². The van der Waals surface area contributed by atoms with Crippen molar-refractivity contribution in [1.29, 1.82) is 0 Å². The Bertz CT molecular complexity index is 286. The van der Waals surface area contributed by atoms with Gasteiger partial charge >= 0.3 is 0 Å². The first kappa shape index (κ1) is 10.4. The Kier molecular flexibility index (Phi) is 3.63. The van der Waals surface area contributed by atoms with Gasteiger partial charge in [0.1, 0.15) is 5.75 Å². The van der Waals surface area contributed by atoms with Gasteiger partial charge in [0.2, 0.25) is 0 Å². The van der Waals surface area contributed by atoms with E-state index < -0.39 is 0 Å². The highest BCUT2D eigenvalue weighted by Gasteiger charge is 2.06. The van der Waals surface area contributed by atoms with Crippen LogP contribution >= 0.6 is 11.8 Å². The van der Waals surface area contributed by atoms with Crippen LogP contribution in [0.2, 0.25) is 0 Å². The van der Waals surface area contributed by atoms with E-state index in [2.05, 4.69) is 4.90 Å². The molecular formula is C10H15NOS. The minimum Gasteiger partial charge on any atom is -0.507 e. The Morgan fingerprint density at radius 1 is 1.38 bits per heavy atom. The molecule has 0 fully saturated rings. The lowest BCUT2D eigenvalue weighted by molar-refractivity contribution is 0.394. The predicted octanol–water partition coefficient (Wildman–Crippen LogP) is 2.18. The topological polar surface area (TPSA) is 23.5 Å². The van der Waals surface area contributed by atoms with Gasteiger partial charge in [0.05, 0.1) is 4.90 Å². The minimum atomic E-state index is 0.381. The highest BCUT2D eigenvalue weighted by molar-refractivity contribution is 7.98. The van der Waals surface area contributed by atoms with Crippen molar-refractivity contribution < 1.29 is 5.11 Å². The van der Waals surface area contributed by atoms with E-state index in [1.165, 1.54) is 5.56 Å². The number of benzene rings is 1.